The van der Waals surface area contributed by atoms with Crippen LogP contribution in [0.25, 0.3) is 6.08 Å². The number of benzene rings is 3. The molecule has 1 fully saturated rings. The van der Waals surface area contributed by atoms with Gasteiger partial charge in [0.05, 0.1) is 5.69 Å². The summed E-state index contributed by atoms with van der Waals surface area (Å²) >= 11 is 0. The zero-order chi connectivity index (χ0) is 25.8. The Morgan fingerprint density at radius 3 is 2.53 bits per heavy atom. The van der Waals surface area contributed by atoms with E-state index in [9.17, 15) is 23.6 Å². The molecule has 2 N–H and O–H groups in total. The smallest absolute Gasteiger partial charge is 0.336 e. The second-order valence-electron chi connectivity index (χ2n) is 8.12. The Hall–Kier alpha value is -4.79. The SMILES string of the molecule is Cc1ccc(NC(=O)COc2cccc(C=C3C(=O)NC(=O)N(c4ccccc4F)C3=O)c2)cc1C. The molecule has 0 spiro atoms. The van der Waals surface area contributed by atoms with E-state index < -0.39 is 23.7 Å². The number of halogens is 1. The number of carbonyl (C=O) groups is 4. The maximum Gasteiger partial charge on any atom is 0.336 e. The van der Waals surface area contributed by atoms with E-state index in [-0.39, 0.29) is 23.8 Å². The standard InChI is InChI=1S/C27H22FN3O5/c1-16-10-11-19(12-17(16)2)29-24(32)15-36-20-7-5-6-18(13-20)14-21-25(33)30-27(35)31(26(21)34)23-9-4-3-8-22(23)28/h3-14H,15H2,1-2H3,(H,29,32)(H,30,33,35). The van der Waals surface area contributed by atoms with Gasteiger partial charge in [-0.15, -0.1) is 0 Å². The average Bonchev–Trinajstić information content (AvgIpc) is 2.84. The van der Waals surface area contributed by atoms with Gasteiger partial charge < -0.3 is 10.1 Å². The van der Waals surface area contributed by atoms with Crippen LogP contribution in [0.3, 0.4) is 0 Å². The summed E-state index contributed by atoms with van der Waals surface area (Å²) in [7, 11) is 0. The van der Waals surface area contributed by atoms with Crippen molar-refractivity contribution in [2.75, 3.05) is 16.8 Å². The van der Waals surface area contributed by atoms with Crippen molar-refractivity contribution in [2.45, 2.75) is 13.8 Å². The summed E-state index contributed by atoms with van der Waals surface area (Å²) in [6.45, 7) is 3.67. The third kappa shape index (κ3) is 5.30. The number of hydrogen-bond donors (Lipinski definition) is 2. The van der Waals surface area contributed by atoms with E-state index in [2.05, 4.69) is 5.32 Å². The van der Waals surface area contributed by atoms with Gasteiger partial charge in [-0.25, -0.2) is 14.1 Å². The quantitative estimate of drug-likeness (QED) is 0.402. The van der Waals surface area contributed by atoms with Crippen LogP contribution in [0.15, 0.2) is 72.3 Å². The van der Waals surface area contributed by atoms with E-state index in [4.69, 9.17) is 4.74 Å². The first-order chi connectivity index (χ1) is 17.2. The van der Waals surface area contributed by atoms with Crippen LogP contribution in [0.2, 0.25) is 0 Å². The highest BCUT2D eigenvalue weighted by Gasteiger charge is 2.37. The van der Waals surface area contributed by atoms with Crippen LogP contribution < -0.4 is 20.3 Å². The number of nitrogens with one attached hydrogen (secondary N) is 2. The molecule has 0 radical (unpaired) electrons. The second-order valence-corrected chi connectivity index (χ2v) is 8.12. The van der Waals surface area contributed by atoms with Crippen LogP contribution in [0.1, 0.15) is 16.7 Å². The molecule has 182 valence electrons. The normalized spacial score (nSPS) is 14.6. The van der Waals surface area contributed by atoms with Crippen molar-refractivity contribution in [1.82, 2.24) is 5.32 Å². The van der Waals surface area contributed by atoms with Crippen molar-refractivity contribution < 1.29 is 28.3 Å². The summed E-state index contributed by atoms with van der Waals surface area (Å²) in [5, 5.41) is 4.81. The third-order valence-corrected chi connectivity index (χ3v) is 5.52. The van der Waals surface area contributed by atoms with Crippen LogP contribution in [0, 0.1) is 19.7 Å². The molecule has 9 heteroatoms. The van der Waals surface area contributed by atoms with Gasteiger partial charge in [0.25, 0.3) is 17.7 Å². The van der Waals surface area contributed by atoms with Gasteiger partial charge in [-0.3, -0.25) is 19.7 Å². The molecule has 1 heterocycles. The minimum absolute atomic E-state index is 0.262. The first kappa shape index (κ1) is 24.3. The molecule has 0 saturated carbocycles. The van der Waals surface area contributed by atoms with Crippen LogP contribution >= 0.6 is 0 Å². The van der Waals surface area contributed by atoms with Gasteiger partial charge in [-0.2, -0.15) is 0 Å². The molecule has 1 aliphatic heterocycles. The Morgan fingerprint density at radius 1 is 1.00 bits per heavy atom. The van der Waals surface area contributed by atoms with Crippen LogP contribution in [-0.4, -0.2) is 30.4 Å². The predicted molar refractivity (Wildman–Crippen MR) is 132 cm³/mol. The summed E-state index contributed by atoms with van der Waals surface area (Å²) in [6, 6.07) is 16.2. The highest BCUT2D eigenvalue weighted by molar-refractivity contribution is 6.39. The van der Waals surface area contributed by atoms with Gasteiger partial charge in [0.15, 0.2) is 6.61 Å². The van der Waals surface area contributed by atoms with Gasteiger partial charge >= 0.3 is 6.03 Å². The lowest BCUT2D eigenvalue weighted by Gasteiger charge is -2.26. The molecule has 0 atom stereocenters. The van der Waals surface area contributed by atoms with E-state index in [1.54, 1.807) is 24.3 Å². The molecular formula is C27H22FN3O5. The number of barbiturate groups is 1. The van der Waals surface area contributed by atoms with Gasteiger partial charge in [0.1, 0.15) is 17.1 Å². The minimum Gasteiger partial charge on any atom is -0.484 e. The molecule has 1 aliphatic rings. The van der Waals surface area contributed by atoms with Gasteiger partial charge in [0, 0.05) is 5.69 Å². The Labute approximate surface area is 206 Å². The number of aryl methyl sites for hydroxylation is 2. The molecule has 0 aliphatic carbocycles. The number of amides is 5. The molecular weight excluding hydrogens is 465 g/mol. The number of ether oxygens (including phenoxy) is 1. The lowest BCUT2D eigenvalue weighted by atomic mass is 10.1. The van der Waals surface area contributed by atoms with Crippen molar-refractivity contribution in [2.24, 2.45) is 0 Å². The average molecular weight is 487 g/mol. The number of rotatable bonds is 6. The Morgan fingerprint density at radius 2 is 1.78 bits per heavy atom. The predicted octanol–water partition coefficient (Wildman–Crippen LogP) is 4.13. The number of hydrogen-bond acceptors (Lipinski definition) is 5. The number of imide groups is 2. The molecule has 5 amide bonds. The van der Waals surface area contributed by atoms with Crippen molar-refractivity contribution in [1.29, 1.82) is 0 Å². The highest BCUT2D eigenvalue weighted by Crippen LogP contribution is 2.25. The minimum atomic E-state index is -1.04. The van der Waals surface area contributed by atoms with Gasteiger partial charge in [-0.05, 0) is 73.0 Å². The molecule has 0 aromatic heterocycles. The molecule has 1 saturated heterocycles. The topological polar surface area (TPSA) is 105 Å². The summed E-state index contributed by atoms with van der Waals surface area (Å²) in [6.07, 6.45) is 1.26. The Kier molecular flexibility index (Phi) is 6.91. The molecule has 0 unspecified atom stereocenters. The third-order valence-electron chi connectivity index (χ3n) is 5.52. The molecule has 0 bridgehead atoms. The van der Waals surface area contributed by atoms with E-state index in [1.165, 1.54) is 30.3 Å². The first-order valence-electron chi connectivity index (χ1n) is 11.0. The monoisotopic (exact) mass is 487 g/mol. The van der Waals surface area contributed by atoms with Crippen molar-refractivity contribution >= 4 is 41.2 Å². The summed E-state index contributed by atoms with van der Waals surface area (Å²) in [4.78, 5) is 50.4. The molecule has 36 heavy (non-hydrogen) atoms. The summed E-state index contributed by atoms with van der Waals surface area (Å²) < 4.78 is 19.8. The fraction of sp³-hybridized carbons (Fsp3) is 0.111. The fourth-order valence-corrected chi connectivity index (χ4v) is 3.54. The Balaban J connectivity index is 1.48. The fourth-order valence-electron chi connectivity index (χ4n) is 3.54. The van der Waals surface area contributed by atoms with E-state index in [0.717, 1.165) is 17.2 Å². The summed E-state index contributed by atoms with van der Waals surface area (Å²) in [5.74, 6) is -2.69. The number of anilines is 2. The van der Waals surface area contributed by atoms with E-state index in [0.29, 0.717) is 21.9 Å². The second kappa shape index (κ2) is 10.2. The maximum atomic E-state index is 14.2. The lowest BCUT2D eigenvalue weighted by molar-refractivity contribution is -0.122. The van der Waals surface area contributed by atoms with Crippen LogP contribution in [-0.2, 0) is 14.4 Å². The van der Waals surface area contributed by atoms with Gasteiger partial charge in [-0.1, -0.05) is 30.3 Å². The summed E-state index contributed by atoms with van der Waals surface area (Å²) in [5.41, 5.74) is 2.59. The zero-order valence-electron chi connectivity index (χ0n) is 19.5. The lowest BCUT2D eigenvalue weighted by Crippen LogP contribution is -2.54. The zero-order valence-corrected chi connectivity index (χ0v) is 19.5. The first-order valence-corrected chi connectivity index (χ1v) is 11.0. The number of para-hydroxylation sites is 1. The maximum absolute atomic E-state index is 14.2. The number of urea groups is 1. The van der Waals surface area contributed by atoms with Crippen LogP contribution in [0.4, 0.5) is 20.6 Å². The highest BCUT2D eigenvalue weighted by atomic mass is 19.1. The molecule has 8 nitrogen and oxygen atoms in total. The molecule has 4 rings (SSSR count). The van der Waals surface area contributed by atoms with E-state index >= 15 is 0 Å². The van der Waals surface area contributed by atoms with Crippen molar-refractivity contribution in [3.05, 3.63) is 94.8 Å². The number of carbonyl (C=O) groups excluding carboxylic acids is 4. The molecule has 3 aromatic carbocycles. The number of nitrogens with zero attached hydrogens (tertiary/aromatic N) is 1. The van der Waals surface area contributed by atoms with Crippen LogP contribution in [0.5, 0.6) is 5.75 Å². The van der Waals surface area contributed by atoms with Gasteiger partial charge in [0.2, 0.25) is 0 Å². The van der Waals surface area contributed by atoms with Crippen molar-refractivity contribution in [3.8, 4) is 5.75 Å². The van der Waals surface area contributed by atoms with Crippen molar-refractivity contribution in [3.63, 3.8) is 0 Å². The van der Waals surface area contributed by atoms with E-state index in [1.807, 2.05) is 31.3 Å². The largest absolute Gasteiger partial charge is 0.484 e. The molecule has 3 aromatic rings. The Bertz CT molecular complexity index is 1420.